The Kier molecular flexibility index (Phi) is 6.25. The molecule has 1 heterocycles. The fourth-order valence-corrected chi connectivity index (χ4v) is 4.23. The Balaban J connectivity index is 2.41. The maximum Gasteiger partial charge on any atom is 0.288 e. The van der Waals surface area contributed by atoms with Crippen LogP contribution >= 0.6 is 0 Å². The summed E-state index contributed by atoms with van der Waals surface area (Å²) in [4.78, 5) is 13.6. The van der Waals surface area contributed by atoms with Crippen molar-refractivity contribution in [3.05, 3.63) is 34.2 Å². The molecule has 1 aromatic carbocycles. The van der Waals surface area contributed by atoms with Gasteiger partial charge in [-0.25, -0.2) is 16.8 Å². The summed E-state index contributed by atoms with van der Waals surface area (Å²) in [7, 11) is -7.73. The first-order valence-corrected chi connectivity index (χ1v) is 10.8. The van der Waals surface area contributed by atoms with Gasteiger partial charge in [0.05, 0.1) is 29.6 Å². The summed E-state index contributed by atoms with van der Waals surface area (Å²) in [6.45, 7) is -1.27. The second-order valence-electron chi connectivity index (χ2n) is 5.31. The molecule has 0 bridgehead atoms. The SMILES string of the molecule is O=[N+]([O-])c1cc(-c2noc(CS(=O)(=O)CCO)n2)ccc1S(=O)(=O)CCO. The summed E-state index contributed by atoms with van der Waals surface area (Å²) < 4.78 is 52.1. The highest BCUT2D eigenvalue weighted by Crippen LogP contribution is 2.29. The first-order chi connectivity index (χ1) is 12.6. The van der Waals surface area contributed by atoms with Crippen molar-refractivity contribution >= 4 is 25.4 Å². The molecule has 0 aliphatic heterocycles. The van der Waals surface area contributed by atoms with Gasteiger partial charge in [-0.1, -0.05) is 5.16 Å². The standard InChI is InChI=1S/C13H15N3O9S2/c17-3-5-26(21,22)8-12-14-13(15-25-12)9-1-2-11(10(7-9)16(19)20)27(23,24)6-4-18/h1-2,7,17-18H,3-6,8H2. The lowest BCUT2D eigenvalue weighted by Crippen LogP contribution is -2.12. The molecule has 14 heteroatoms. The number of hydrogen-bond donors (Lipinski definition) is 2. The van der Waals surface area contributed by atoms with Gasteiger partial charge in [0.15, 0.2) is 19.7 Å². The van der Waals surface area contributed by atoms with Gasteiger partial charge in [0.1, 0.15) is 10.6 Å². The van der Waals surface area contributed by atoms with Gasteiger partial charge < -0.3 is 14.7 Å². The Labute approximate surface area is 153 Å². The van der Waals surface area contributed by atoms with Gasteiger partial charge in [-0.2, -0.15) is 4.98 Å². The average Bonchev–Trinajstić information content (AvgIpc) is 3.01. The van der Waals surface area contributed by atoms with Crippen LogP contribution in [-0.4, -0.2) is 66.8 Å². The van der Waals surface area contributed by atoms with Crippen LogP contribution in [0.15, 0.2) is 27.6 Å². The topological polar surface area (TPSA) is 191 Å². The first-order valence-electron chi connectivity index (χ1n) is 7.36. The third-order valence-electron chi connectivity index (χ3n) is 3.32. The number of nitro benzene ring substituents is 1. The lowest BCUT2D eigenvalue weighted by atomic mass is 10.2. The molecule has 12 nitrogen and oxygen atoms in total. The number of nitro groups is 1. The maximum atomic E-state index is 12.0. The Hall–Kier alpha value is -2.42. The molecule has 2 N–H and O–H groups in total. The van der Waals surface area contributed by atoms with Gasteiger partial charge in [-0.3, -0.25) is 10.1 Å². The third-order valence-corrected chi connectivity index (χ3v) is 6.55. The van der Waals surface area contributed by atoms with Crippen molar-refractivity contribution in [3.63, 3.8) is 0 Å². The molecule has 0 aliphatic rings. The van der Waals surface area contributed by atoms with Gasteiger partial charge in [0.25, 0.3) is 5.69 Å². The summed E-state index contributed by atoms with van der Waals surface area (Å²) in [5.41, 5.74) is -0.695. The molecule has 0 saturated heterocycles. The van der Waals surface area contributed by atoms with Crippen molar-refractivity contribution in [2.75, 3.05) is 24.7 Å². The molecule has 0 unspecified atom stereocenters. The van der Waals surface area contributed by atoms with E-state index in [1.54, 1.807) is 0 Å². The van der Waals surface area contributed by atoms with Crippen LogP contribution < -0.4 is 0 Å². The van der Waals surface area contributed by atoms with Crippen LogP contribution in [-0.2, 0) is 25.4 Å². The Morgan fingerprint density at radius 3 is 2.37 bits per heavy atom. The fourth-order valence-electron chi connectivity index (χ4n) is 2.12. The van der Waals surface area contributed by atoms with Crippen LogP contribution in [0.3, 0.4) is 0 Å². The van der Waals surface area contributed by atoms with Crippen LogP contribution in [0.1, 0.15) is 5.89 Å². The van der Waals surface area contributed by atoms with Gasteiger partial charge in [-0.05, 0) is 12.1 Å². The molecule has 0 radical (unpaired) electrons. The van der Waals surface area contributed by atoms with Crippen molar-refractivity contribution in [2.45, 2.75) is 10.6 Å². The molecule has 0 saturated carbocycles. The van der Waals surface area contributed by atoms with E-state index in [2.05, 4.69) is 10.1 Å². The summed E-state index contributed by atoms with van der Waals surface area (Å²) in [6, 6.07) is 3.10. The summed E-state index contributed by atoms with van der Waals surface area (Å²) in [5.74, 6) is -2.24. The molecule has 2 rings (SSSR count). The van der Waals surface area contributed by atoms with Crippen molar-refractivity contribution < 1.29 is 36.5 Å². The molecular formula is C13H15N3O9S2. The highest BCUT2D eigenvalue weighted by Gasteiger charge is 2.27. The Morgan fingerprint density at radius 1 is 1.11 bits per heavy atom. The Morgan fingerprint density at radius 2 is 1.78 bits per heavy atom. The van der Waals surface area contributed by atoms with Crippen LogP contribution in [0.2, 0.25) is 0 Å². The number of hydrogen-bond acceptors (Lipinski definition) is 11. The van der Waals surface area contributed by atoms with Gasteiger partial charge in [0.2, 0.25) is 11.7 Å². The largest absolute Gasteiger partial charge is 0.395 e. The number of sulfone groups is 2. The number of benzene rings is 1. The predicted octanol–water partition coefficient (Wildman–Crippen LogP) is -0.682. The van der Waals surface area contributed by atoms with E-state index in [1.807, 2.05) is 0 Å². The maximum absolute atomic E-state index is 12.0. The second-order valence-corrected chi connectivity index (χ2v) is 9.57. The van der Waals surface area contributed by atoms with Crippen LogP contribution in [0.25, 0.3) is 11.4 Å². The molecule has 0 spiro atoms. The Bertz CT molecular complexity index is 1040. The van der Waals surface area contributed by atoms with E-state index in [0.29, 0.717) is 0 Å². The lowest BCUT2D eigenvalue weighted by molar-refractivity contribution is -0.387. The number of nitrogens with zero attached hydrogens (tertiary/aromatic N) is 3. The first kappa shape index (κ1) is 20.9. The molecule has 0 atom stereocenters. The molecule has 2 aromatic rings. The quantitative estimate of drug-likeness (QED) is 0.385. The minimum absolute atomic E-state index is 0.0409. The van der Waals surface area contributed by atoms with E-state index in [0.717, 1.165) is 12.1 Å². The van der Waals surface area contributed by atoms with E-state index < -0.39 is 65.7 Å². The molecule has 0 amide bonds. The highest BCUT2D eigenvalue weighted by atomic mass is 32.2. The van der Waals surface area contributed by atoms with Crippen LogP contribution in [0.5, 0.6) is 0 Å². The van der Waals surface area contributed by atoms with Crippen molar-refractivity contribution in [2.24, 2.45) is 0 Å². The van der Waals surface area contributed by atoms with Crippen molar-refractivity contribution in [1.29, 1.82) is 0 Å². The summed E-state index contributed by atoms with van der Waals surface area (Å²) in [5, 5.41) is 32.3. The number of aliphatic hydroxyl groups is 2. The van der Waals surface area contributed by atoms with Crippen molar-refractivity contribution in [3.8, 4) is 11.4 Å². The monoisotopic (exact) mass is 421 g/mol. The lowest BCUT2D eigenvalue weighted by Gasteiger charge is -2.05. The van der Waals surface area contributed by atoms with E-state index in [4.69, 9.17) is 14.7 Å². The van der Waals surface area contributed by atoms with E-state index >= 15 is 0 Å². The minimum Gasteiger partial charge on any atom is -0.395 e. The zero-order valence-electron chi connectivity index (χ0n) is 13.7. The minimum atomic E-state index is -4.07. The molecule has 1 aromatic heterocycles. The number of rotatable bonds is 9. The molecule has 27 heavy (non-hydrogen) atoms. The van der Waals surface area contributed by atoms with Crippen LogP contribution in [0, 0.1) is 10.1 Å². The van der Waals surface area contributed by atoms with Gasteiger partial charge in [0, 0.05) is 11.6 Å². The zero-order chi connectivity index (χ0) is 20.2. The predicted molar refractivity (Wildman–Crippen MR) is 90.1 cm³/mol. The van der Waals surface area contributed by atoms with Crippen molar-refractivity contribution in [1.82, 2.24) is 10.1 Å². The zero-order valence-corrected chi connectivity index (χ0v) is 15.3. The van der Waals surface area contributed by atoms with E-state index in [1.165, 1.54) is 6.07 Å². The van der Waals surface area contributed by atoms with E-state index in [-0.39, 0.29) is 17.3 Å². The number of aromatic nitrogens is 2. The summed E-state index contributed by atoms with van der Waals surface area (Å²) in [6.07, 6.45) is 0. The smallest absolute Gasteiger partial charge is 0.288 e. The third kappa shape index (κ3) is 5.06. The highest BCUT2D eigenvalue weighted by molar-refractivity contribution is 7.91. The second kappa shape index (κ2) is 8.08. The fraction of sp³-hybridized carbons (Fsp3) is 0.385. The molecule has 0 aliphatic carbocycles. The van der Waals surface area contributed by atoms with E-state index in [9.17, 15) is 26.9 Å². The molecule has 0 fully saturated rings. The average molecular weight is 421 g/mol. The summed E-state index contributed by atoms with van der Waals surface area (Å²) >= 11 is 0. The van der Waals surface area contributed by atoms with Gasteiger partial charge in [-0.15, -0.1) is 0 Å². The van der Waals surface area contributed by atoms with Gasteiger partial charge >= 0.3 is 0 Å². The molecule has 148 valence electrons. The van der Waals surface area contributed by atoms with Crippen LogP contribution in [0.4, 0.5) is 5.69 Å². The molecular weight excluding hydrogens is 406 g/mol. The number of aliphatic hydroxyl groups excluding tert-OH is 2. The normalized spacial score (nSPS) is 12.2.